The van der Waals surface area contributed by atoms with Gasteiger partial charge in [0.25, 0.3) is 0 Å². The average molecular weight is 368 g/mol. The first-order valence-electron chi connectivity index (χ1n) is 11.0. The number of hydrogen-bond donors (Lipinski definition) is 1. The van der Waals surface area contributed by atoms with Crippen molar-refractivity contribution in [3.63, 3.8) is 0 Å². The summed E-state index contributed by atoms with van der Waals surface area (Å²) in [6.07, 6.45) is 16.3. The van der Waals surface area contributed by atoms with Gasteiger partial charge in [-0.3, -0.25) is 0 Å². The molecule has 0 aromatic carbocycles. The third kappa shape index (κ3) is 2.40. The Bertz CT molecular complexity index is 778. The molecule has 1 heterocycles. The van der Waals surface area contributed by atoms with E-state index in [0.29, 0.717) is 17.3 Å². The maximum absolute atomic E-state index is 10.3. The molecule has 0 saturated heterocycles. The number of rotatable bonds is 2. The Morgan fingerprint density at radius 1 is 1.19 bits per heavy atom. The van der Waals surface area contributed by atoms with E-state index >= 15 is 0 Å². The zero-order chi connectivity index (χ0) is 18.8. The minimum Gasteiger partial charge on any atom is -0.444 e. The number of nitrogens with zero attached hydrogens (tertiary/aromatic N) is 1. The molecule has 0 aliphatic heterocycles. The fourth-order valence-electron chi connectivity index (χ4n) is 7.50. The van der Waals surface area contributed by atoms with Crippen molar-refractivity contribution in [3.8, 4) is 0 Å². The van der Waals surface area contributed by atoms with Crippen LogP contribution >= 0.6 is 0 Å². The Balaban J connectivity index is 1.54. The lowest BCUT2D eigenvalue weighted by molar-refractivity contribution is -0.0467. The van der Waals surface area contributed by atoms with Crippen LogP contribution in [0.25, 0.3) is 5.57 Å². The molecule has 2 fully saturated rings. The van der Waals surface area contributed by atoms with Crippen molar-refractivity contribution in [2.75, 3.05) is 0 Å². The van der Waals surface area contributed by atoms with Gasteiger partial charge in [0.2, 0.25) is 0 Å². The Morgan fingerprint density at radius 2 is 2.00 bits per heavy atom. The van der Waals surface area contributed by atoms with Crippen molar-refractivity contribution in [2.24, 2.45) is 34.5 Å². The van der Waals surface area contributed by atoms with Crippen LogP contribution in [0, 0.1) is 34.5 Å². The van der Waals surface area contributed by atoms with E-state index in [0.717, 1.165) is 36.9 Å². The number of oxazole rings is 1. The Morgan fingerprint density at radius 3 is 2.74 bits per heavy atom. The van der Waals surface area contributed by atoms with Crippen molar-refractivity contribution >= 4 is 5.57 Å². The van der Waals surface area contributed by atoms with Crippen molar-refractivity contribution in [2.45, 2.75) is 71.8 Å². The molecular formula is C24H33NO2. The van der Waals surface area contributed by atoms with Crippen LogP contribution in [0.1, 0.15) is 71.5 Å². The summed E-state index contributed by atoms with van der Waals surface area (Å²) in [4.78, 5) is 4.18. The summed E-state index contributed by atoms with van der Waals surface area (Å²) in [5, 5.41) is 10.3. The lowest BCUT2D eigenvalue weighted by atomic mass is 9.45. The lowest BCUT2D eigenvalue weighted by Gasteiger charge is -2.59. The van der Waals surface area contributed by atoms with E-state index in [1.807, 2.05) is 6.20 Å². The molecule has 0 spiro atoms. The van der Waals surface area contributed by atoms with E-state index < -0.39 is 0 Å². The number of allylic oxidation sites excluding steroid dienone is 3. The summed E-state index contributed by atoms with van der Waals surface area (Å²) < 4.78 is 5.72. The van der Waals surface area contributed by atoms with Crippen LogP contribution in [0.5, 0.6) is 0 Å². The Kier molecular flexibility index (Phi) is 3.99. The summed E-state index contributed by atoms with van der Waals surface area (Å²) in [5.74, 6) is 3.83. The summed E-state index contributed by atoms with van der Waals surface area (Å²) in [6.45, 7) is 7.34. The van der Waals surface area contributed by atoms with Gasteiger partial charge in [-0.1, -0.05) is 38.5 Å². The first kappa shape index (κ1) is 17.7. The van der Waals surface area contributed by atoms with E-state index in [-0.39, 0.29) is 11.5 Å². The van der Waals surface area contributed by atoms with Gasteiger partial charge in [0.05, 0.1) is 12.3 Å². The third-order valence-corrected chi connectivity index (χ3v) is 9.00. The predicted octanol–water partition coefficient (Wildman–Crippen LogP) is 5.63. The molecule has 0 radical (unpaired) electrons. The van der Waals surface area contributed by atoms with Gasteiger partial charge in [-0.25, -0.2) is 4.98 Å². The molecule has 146 valence electrons. The maximum Gasteiger partial charge on any atom is 0.181 e. The van der Waals surface area contributed by atoms with Crippen LogP contribution < -0.4 is 0 Å². The molecule has 3 heteroatoms. The van der Waals surface area contributed by atoms with Gasteiger partial charge >= 0.3 is 0 Å². The zero-order valence-corrected chi connectivity index (χ0v) is 16.9. The summed E-state index contributed by atoms with van der Waals surface area (Å²) in [6, 6.07) is 0. The molecule has 2 saturated carbocycles. The Labute approximate surface area is 163 Å². The largest absolute Gasteiger partial charge is 0.444 e. The Hall–Kier alpha value is -1.35. The van der Waals surface area contributed by atoms with Gasteiger partial charge in [-0.15, -0.1) is 0 Å². The van der Waals surface area contributed by atoms with Gasteiger partial charge in [0, 0.05) is 0 Å². The SMILES string of the molecule is CC[C@H]1C=C2C[C@H](O)CC[C@]2(C)[C@H]2CC[C@]3(C)C(c4cnco4)=CC[C@H]3[C@H]12. The van der Waals surface area contributed by atoms with Crippen LogP contribution in [0.15, 0.2) is 34.7 Å². The molecule has 4 aliphatic carbocycles. The highest BCUT2D eigenvalue weighted by molar-refractivity contribution is 5.69. The molecule has 4 aliphatic rings. The van der Waals surface area contributed by atoms with Gasteiger partial charge in [-0.2, -0.15) is 0 Å². The van der Waals surface area contributed by atoms with Crippen molar-refractivity contribution in [3.05, 3.63) is 36.1 Å². The van der Waals surface area contributed by atoms with E-state index in [2.05, 4.69) is 37.9 Å². The van der Waals surface area contributed by atoms with Crippen LogP contribution in [-0.2, 0) is 0 Å². The number of hydrogen-bond acceptors (Lipinski definition) is 3. The first-order valence-corrected chi connectivity index (χ1v) is 11.0. The zero-order valence-electron chi connectivity index (χ0n) is 16.9. The highest BCUT2D eigenvalue weighted by Crippen LogP contribution is 2.67. The van der Waals surface area contributed by atoms with E-state index in [1.54, 1.807) is 12.0 Å². The van der Waals surface area contributed by atoms with Crippen LogP contribution in [0.4, 0.5) is 0 Å². The van der Waals surface area contributed by atoms with Gasteiger partial charge in [0.1, 0.15) is 0 Å². The minimum atomic E-state index is -0.126. The van der Waals surface area contributed by atoms with Gasteiger partial charge in [-0.05, 0) is 85.0 Å². The molecule has 27 heavy (non-hydrogen) atoms. The fraction of sp³-hybridized carbons (Fsp3) is 0.708. The number of aliphatic hydroxyl groups is 1. The van der Waals surface area contributed by atoms with Crippen LogP contribution in [0.3, 0.4) is 0 Å². The van der Waals surface area contributed by atoms with Gasteiger partial charge in [0.15, 0.2) is 12.2 Å². The molecule has 1 aromatic heterocycles. The molecule has 0 unspecified atom stereocenters. The normalized spacial score (nSPS) is 46.1. The number of fused-ring (bicyclic) bond motifs is 5. The summed E-state index contributed by atoms with van der Waals surface area (Å²) >= 11 is 0. The monoisotopic (exact) mass is 367 g/mol. The maximum atomic E-state index is 10.3. The molecule has 3 nitrogen and oxygen atoms in total. The second-order valence-electron chi connectivity index (χ2n) is 10.0. The third-order valence-electron chi connectivity index (χ3n) is 9.00. The summed E-state index contributed by atoms with van der Waals surface area (Å²) in [7, 11) is 0. The lowest BCUT2D eigenvalue weighted by Crippen LogP contribution is -2.52. The molecule has 7 atom stereocenters. The standard InChI is InChI=1S/C24H33NO2/c1-4-15-11-16-12-17(26)7-9-23(16,2)20-8-10-24(3)18(21-13-25-14-27-21)5-6-19(24)22(15)20/h5,11,13-15,17,19-20,22,26H,4,6-10,12H2,1-3H3/t15-,17+,19-,20-,22-,23-,24+/m0/s1. The van der Waals surface area contributed by atoms with Gasteiger partial charge < -0.3 is 9.52 Å². The minimum absolute atomic E-state index is 0.126. The van der Waals surface area contributed by atoms with E-state index in [1.165, 1.54) is 31.3 Å². The summed E-state index contributed by atoms with van der Waals surface area (Å²) in [5.41, 5.74) is 3.48. The molecule has 0 amide bonds. The number of aliphatic hydroxyl groups excluding tert-OH is 1. The van der Waals surface area contributed by atoms with Crippen LogP contribution in [-0.4, -0.2) is 16.2 Å². The quantitative estimate of drug-likeness (QED) is 0.689. The first-order chi connectivity index (χ1) is 13.0. The average Bonchev–Trinajstić information content (AvgIpc) is 3.28. The highest BCUT2D eigenvalue weighted by atomic mass is 16.3. The van der Waals surface area contributed by atoms with Crippen molar-refractivity contribution < 1.29 is 9.52 Å². The molecule has 5 rings (SSSR count). The van der Waals surface area contributed by atoms with E-state index in [4.69, 9.17) is 4.42 Å². The smallest absolute Gasteiger partial charge is 0.181 e. The molecule has 1 aromatic rings. The molecule has 0 bridgehead atoms. The van der Waals surface area contributed by atoms with Crippen molar-refractivity contribution in [1.29, 1.82) is 0 Å². The van der Waals surface area contributed by atoms with Crippen molar-refractivity contribution in [1.82, 2.24) is 4.98 Å². The second-order valence-corrected chi connectivity index (χ2v) is 10.0. The van der Waals surface area contributed by atoms with Crippen LogP contribution in [0.2, 0.25) is 0 Å². The number of aromatic nitrogens is 1. The fourth-order valence-corrected chi connectivity index (χ4v) is 7.50. The van der Waals surface area contributed by atoms with E-state index in [9.17, 15) is 5.11 Å². The topological polar surface area (TPSA) is 46.3 Å². The highest BCUT2D eigenvalue weighted by Gasteiger charge is 2.59. The molecular weight excluding hydrogens is 334 g/mol. The molecule has 1 N–H and O–H groups in total. The second kappa shape index (κ2) is 6.07. The predicted molar refractivity (Wildman–Crippen MR) is 107 cm³/mol.